The van der Waals surface area contributed by atoms with Gasteiger partial charge in [-0.3, -0.25) is 0 Å². The molecule has 0 bridgehead atoms. The summed E-state index contributed by atoms with van der Waals surface area (Å²) >= 11 is -0.590. The Morgan fingerprint density at radius 1 is 0.797 bits per heavy atom. The molecule has 59 heavy (non-hydrogen) atoms. The third kappa shape index (κ3) is 16.5. The van der Waals surface area contributed by atoms with Crippen LogP contribution in [0.5, 0.6) is 0 Å². The zero-order valence-corrected chi connectivity index (χ0v) is 44.9. The van der Waals surface area contributed by atoms with Gasteiger partial charge in [0.1, 0.15) is 0 Å². The Balaban J connectivity index is 3.05. The predicted molar refractivity (Wildman–Crippen MR) is 260 cm³/mol. The third-order valence-corrected chi connectivity index (χ3v) is 25.5. The van der Waals surface area contributed by atoms with Gasteiger partial charge < -0.3 is 0 Å². The molecule has 0 saturated heterocycles. The molecule has 0 amide bonds. The number of Topliss-reactive ketones (excluding diaryl/α,β-unsaturated/α-hetero) is 1. The summed E-state index contributed by atoms with van der Waals surface area (Å²) in [6, 6.07) is 16.2. The van der Waals surface area contributed by atoms with Crippen molar-refractivity contribution >= 4 is 56.1 Å². The van der Waals surface area contributed by atoms with Gasteiger partial charge in [0, 0.05) is 0 Å². The van der Waals surface area contributed by atoms with Crippen LogP contribution in [0.15, 0.2) is 77.9 Å². The molecule has 1 aliphatic carbocycles. The number of hydrogen-bond donors (Lipinski definition) is 0. The Labute approximate surface area is 371 Å². The second-order valence-corrected chi connectivity index (χ2v) is 35.7. The van der Waals surface area contributed by atoms with Crippen molar-refractivity contribution in [2.45, 2.75) is 200 Å². The van der Waals surface area contributed by atoms with Gasteiger partial charge in [0.2, 0.25) is 0 Å². The van der Waals surface area contributed by atoms with Gasteiger partial charge in [-0.15, -0.1) is 0 Å². The number of ketones is 1. The number of benzene rings is 1. The molecule has 4 unspecified atom stereocenters. The molecule has 0 radical (unpaired) electrons. The van der Waals surface area contributed by atoms with E-state index in [-0.39, 0.29) is 36.4 Å². The van der Waals surface area contributed by atoms with Gasteiger partial charge in [0.05, 0.1) is 0 Å². The van der Waals surface area contributed by atoms with Gasteiger partial charge in [-0.05, 0) is 0 Å². The fraction of sp³-hybridized carbons (Fsp3) is 0.673. The number of rotatable bonds is 15. The second kappa shape index (κ2) is 24.3. The van der Waals surface area contributed by atoms with Gasteiger partial charge in [0.15, 0.2) is 0 Å². The molecule has 10 heteroatoms. The number of carbonyl (C=O) groups is 2. The van der Waals surface area contributed by atoms with E-state index in [0.29, 0.717) is 6.42 Å². The Morgan fingerprint density at radius 3 is 1.81 bits per heavy atom. The van der Waals surface area contributed by atoms with Gasteiger partial charge in [-0.1, -0.05) is 0 Å². The van der Waals surface area contributed by atoms with E-state index in [0.717, 1.165) is 53.6 Å². The van der Waals surface area contributed by atoms with Crippen LogP contribution in [0.25, 0.3) is 0 Å². The van der Waals surface area contributed by atoms with Crippen molar-refractivity contribution in [1.29, 1.82) is 0 Å². The zero-order chi connectivity index (χ0) is 44.7. The second-order valence-electron chi connectivity index (χ2n) is 18.9. The van der Waals surface area contributed by atoms with Gasteiger partial charge >= 0.3 is 373 Å². The van der Waals surface area contributed by atoms with Crippen LogP contribution in [0.2, 0.25) is 60.2 Å². The zero-order valence-electron chi connectivity index (χ0n) is 40.2. The average Bonchev–Trinajstić information content (AvgIpc) is 3.19. The number of hydrogen-bond acceptors (Lipinski definition) is 6. The summed E-state index contributed by atoms with van der Waals surface area (Å²) in [5.41, 5.74) is 1.70. The molecular formula is C49H84O6SeSi3. The molecule has 6 nitrogen and oxygen atoms in total. The summed E-state index contributed by atoms with van der Waals surface area (Å²) in [5, 5.41) is 0. The Hall–Kier alpha value is -1.63. The van der Waals surface area contributed by atoms with Gasteiger partial charge in [-0.25, -0.2) is 0 Å². The first-order chi connectivity index (χ1) is 27.6. The van der Waals surface area contributed by atoms with E-state index < -0.39 is 61.7 Å². The molecule has 0 aromatic heterocycles. The minimum atomic E-state index is -2.13. The van der Waals surface area contributed by atoms with Crippen LogP contribution in [-0.2, 0) is 27.6 Å². The van der Waals surface area contributed by atoms with Crippen molar-refractivity contribution in [2.24, 2.45) is 11.8 Å². The van der Waals surface area contributed by atoms with Crippen LogP contribution in [0.3, 0.4) is 0 Å². The van der Waals surface area contributed by atoms with Crippen LogP contribution in [0, 0.1) is 11.8 Å². The van der Waals surface area contributed by atoms with Crippen molar-refractivity contribution in [3.05, 3.63) is 77.9 Å². The molecular weight excluding hydrogens is 848 g/mol. The monoisotopic (exact) mass is 932 g/mol. The first-order valence-electron chi connectivity index (χ1n) is 22.8. The molecule has 334 valence electrons. The molecule has 0 aliphatic heterocycles. The Morgan fingerprint density at radius 2 is 1.32 bits per heavy atom. The van der Waals surface area contributed by atoms with Crippen molar-refractivity contribution in [2.75, 3.05) is 0 Å². The van der Waals surface area contributed by atoms with Crippen molar-refractivity contribution < 1.29 is 27.6 Å². The molecule has 0 saturated carbocycles. The summed E-state index contributed by atoms with van der Waals surface area (Å²) in [5.74, 6) is -1.11. The normalized spacial score (nSPS) is 27.9. The first-order valence-corrected chi connectivity index (χ1v) is 33.0. The summed E-state index contributed by atoms with van der Waals surface area (Å²) in [6.07, 6.45) is 15.2. The fourth-order valence-corrected chi connectivity index (χ4v) is 17.5. The maximum atomic E-state index is 15.6. The molecule has 1 aromatic rings. The van der Waals surface area contributed by atoms with E-state index >= 15 is 4.79 Å². The van der Waals surface area contributed by atoms with Crippen LogP contribution < -0.4 is 4.46 Å². The summed E-state index contributed by atoms with van der Waals surface area (Å²) in [6.45, 7) is 34.5. The predicted octanol–water partition coefficient (Wildman–Crippen LogP) is 12.9. The van der Waals surface area contributed by atoms with Crippen LogP contribution in [0.4, 0.5) is 0 Å². The molecule has 1 aromatic carbocycles. The number of ether oxygens (including phenoxy) is 1. The van der Waals surface area contributed by atoms with E-state index in [1.54, 1.807) is 0 Å². The molecule has 0 fully saturated rings. The number of esters is 1. The topological polar surface area (TPSA) is 71.1 Å². The molecule has 6 atom stereocenters. The summed E-state index contributed by atoms with van der Waals surface area (Å²) in [4.78, 5) is 30.6. The van der Waals surface area contributed by atoms with Crippen LogP contribution in [0.1, 0.15) is 116 Å². The number of carbonyl (C=O) groups excluding carboxylic acids is 2. The van der Waals surface area contributed by atoms with E-state index in [9.17, 15) is 4.79 Å². The quantitative estimate of drug-likeness (QED) is 0.0755. The molecule has 2 rings (SSSR count). The number of allylic oxidation sites excluding steroid dienone is 6. The van der Waals surface area contributed by atoms with Crippen molar-refractivity contribution in [3.63, 3.8) is 0 Å². The average molecular weight is 932 g/mol. The van der Waals surface area contributed by atoms with Crippen molar-refractivity contribution in [3.8, 4) is 0 Å². The minimum absolute atomic E-state index is 0.0210. The van der Waals surface area contributed by atoms with Crippen LogP contribution >= 0.6 is 0 Å². The Kier molecular flexibility index (Phi) is 22.0. The first kappa shape index (κ1) is 53.5. The SMILES string of the molecule is CC[Si](CC)(CC)OC1/C=C/CC([Se]c2ccccc2)(C(=O)OC(C)(C)C)C(=O)[C@@H](C)[C@H](O[Si](C)(C)C)CC/C(C)=C/C/C=C(C)/C=C/C(O[Si](CC)(CC)CC)C1C. The fourth-order valence-electron chi connectivity index (χ4n) is 7.88. The van der Waals surface area contributed by atoms with E-state index in [1.165, 1.54) is 11.1 Å². The molecule has 0 spiro atoms. The maximum absolute atomic E-state index is 15.6. The van der Waals surface area contributed by atoms with Gasteiger partial charge in [0.25, 0.3) is 0 Å². The van der Waals surface area contributed by atoms with E-state index in [2.05, 4.69) is 118 Å². The summed E-state index contributed by atoms with van der Waals surface area (Å²) < 4.78 is 27.6. The van der Waals surface area contributed by atoms with E-state index in [4.69, 9.17) is 18.0 Å². The molecule has 0 N–H and O–H groups in total. The van der Waals surface area contributed by atoms with Crippen LogP contribution in [-0.4, -0.2) is 75.6 Å². The van der Waals surface area contributed by atoms with Gasteiger partial charge in [-0.2, -0.15) is 0 Å². The molecule has 1 aliphatic rings. The molecule has 0 heterocycles. The van der Waals surface area contributed by atoms with E-state index in [1.807, 2.05) is 58.0 Å². The standard InChI is InChI=1S/C49H84O6SeSi3/c1-17-58(18-2,19-3)54-43-32-27-37-49(47(51)52-48(11,12)13,56-42-30-24-23-25-31-42)46(50)41(10)45(53-57(14,15)16)36-34-39(8)29-26-28-38(7)33-35-44(40(43)9)55-59(20-4,21-5)22-6/h23-25,27-33,35,40-41,43-45H,17-22,26,34,36-37H2,1-16H3/b32-27+,35-33+,38-28+,39-29+/t40?,41-,43?,44?,45+,49?/m0/s1. The van der Waals surface area contributed by atoms with Crippen molar-refractivity contribution in [1.82, 2.24) is 0 Å². The Bertz CT molecular complexity index is 1550. The summed E-state index contributed by atoms with van der Waals surface area (Å²) in [7, 11) is -6.26. The third-order valence-electron chi connectivity index (χ3n) is 12.3.